The van der Waals surface area contributed by atoms with Gasteiger partial charge in [0.25, 0.3) is 0 Å². The van der Waals surface area contributed by atoms with E-state index in [1.165, 1.54) is 0 Å². The third-order valence-electron chi connectivity index (χ3n) is 5.03. The minimum atomic E-state index is -0.852. The summed E-state index contributed by atoms with van der Waals surface area (Å²) in [5.74, 6) is -0.571. The topological polar surface area (TPSA) is 117 Å². The van der Waals surface area contributed by atoms with Crippen LogP contribution in [-0.4, -0.2) is 47.7 Å². The Bertz CT molecular complexity index is 795. The molecule has 0 spiro atoms. The van der Waals surface area contributed by atoms with Crippen molar-refractivity contribution in [3.8, 4) is 0 Å². The Kier molecular flexibility index (Phi) is 13.0. The van der Waals surface area contributed by atoms with Crippen molar-refractivity contribution in [2.24, 2.45) is 11.8 Å². The molecule has 1 aromatic carbocycles. The van der Waals surface area contributed by atoms with Crippen LogP contribution < -0.4 is 16.0 Å². The third kappa shape index (κ3) is 11.8. The lowest BCUT2D eigenvalue weighted by atomic mass is 9.99. The van der Waals surface area contributed by atoms with Crippen LogP contribution in [0.4, 0.5) is 4.79 Å². The van der Waals surface area contributed by atoms with Crippen molar-refractivity contribution in [2.75, 3.05) is 6.61 Å². The van der Waals surface area contributed by atoms with Gasteiger partial charge in [-0.3, -0.25) is 9.59 Å². The summed E-state index contributed by atoms with van der Waals surface area (Å²) < 4.78 is 5.27. The van der Waals surface area contributed by atoms with Gasteiger partial charge in [0.15, 0.2) is 0 Å². The van der Waals surface area contributed by atoms with Crippen molar-refractivity contribution >= 4 is 17.9 Å². The molecule has 0 fully saturated rings. The van der Waals surface area contributed by atoms with Crippen LogP contribution in [0.1, 0.15) is 59.4 Å². The predicted molar refractivity (Wildman–Crippen MR) is 133 cm³/mol. The minimum absolute atomic E-state index is 0.0896. The lowest BCUT2D eigenvalue weighted by Crippen LogP contribution is -2.55. The molecule has 0 radical (unpaired) electrons. The number of aliphatic hydroxyl groups is 1. The van der Waals surface area contributed by atoms with Gasteiger partial charge in [0, 0.05) is 0 Å². The van der Waals surface area contributed by atoms with Crippen LogP contribution in [0.25, 0.3) is 0 Å². The number of hydrogen-bond acceptors (Lipinski definition) is 5. The molecule has 3 amide bonds. The smallest absolute Gasteiger partial charge is 0.408 e. The first kappa shape index (κ1) is 29.2. The molecule has 8 heteroatoms. The zero-order valence-corrected chi connectivity index (χ0v) is 21.1. The maximum atomic E-state index is 13.1. The second-order valence-electron chi connectivity index (χ2n) is 9.63. The molecule has 1 aromatic rings. The van der Waals surface area contributed by atoms with Crippen molar-refractivity contribution in [1.82, 2.24) is 16.0 Å². The van der Waals surface area contributed by atoms with Crippen LogP contribution in [-0.2, 0) is 20.9 Å². The molecule has 1 unspecified atom stereocenters. The van der Waals surface area contributed by atoms with Crippen molar-refractivity contribution in [1.29, 1.82) is 0 Å². The second-order valence-corrected chi connectivity index (χ2v) is 9.63. The van der Waals surface area contributed by atoms with Gasteiger partial charge in [-0.1, -0.05) is 63.6 Å². The van der Waals surface area contributed by atoms with E-state index in [1.54, 1.807) is 0 Å². The Balaban J connectivity index is 2.84. The lowest BCUT2D eigenvalue weighted by Gasteiger charge is -2.26. The highest BCUT2D eigenvalue weighted by Crippen LogP contribution is 2.11. The van der Waals surface area contributed by atoms with E-state index in [-0.39, 0.29) is 31.0 Å². The van der Waals surface area contributed by atoms with E-state index in [2.05, 4.69) is 22.5 Å². The zero-order chi connectivity index (χ0) is 25.7. The largest absolute Gasteiger partial charge is 0.445 e. The van der Waals surface area contributed by atoms with Crippen LogP contribution in [0.15, 0.2) is 42.5 Å². The van der Waals surface area contributed by atoms with Gasteiger partial charge in [0.1, 0.15) is 18.7 Å². The number of alkyl carbamates (subject to hydrolysis) is 1. The Morgan fingerprint density at radius 3 is 1.94 bits per heavy atom. The van der Waals surface area contributed by atoms with Crippen molar-refractivity contribution in [3.63, 3.8) is 0 Å². The summed E-state index contributed by atoms with van der Waals surface area (Å²) in [6.45, 7) is 13.3. The van der Waals surface area contributed by atoms with Gasteiger partial charge >= 0.3 is 6.09 Å². The number of carbonyl (C=O) groups is 3. The van der Waals surface area contributed by atoms with Crippen LogP contribution >= 0.6 is 0 Å². The summed E-state index contributed by atoms with van der Waals surface area (Å²) in [4.78, 5) is 38.4. The fraction of sp³-hybridized carbons (Fsp3) is 0.577. The Morgan fingerprint density at radius 1 is 0.912 bits per heavy atom. The number of hydrogen-bond donors (Lipinski definition) is 4. The van der Waals surface area contributed by atoms with Crippen LogP contribution in [0, 0.1) is 11.8 Å². The van der Waals surface area contributed by atoms with Crippen molar-refractivity contribution < 1.29 is 24.2 Å². The van der Waals surface area contributed by atoms with Crippen molar-refractivity contribution in [2.45, 2.75) is 78.6 Å². The molecule has 4 N–H and O–H groups in total. The number of ether oxygens (including phenoxy) is 1. The van der Waals surface area contributed by atoms with E-state index < -0.39 is 30.1 Å². The van der Waals surface area contributed by atoms with E-state index in [0.29, 0.717) is 19.3 Å². The van der Waals surface area contributed by atoms with Gasteiger partial charge in [-0.2, -0.15) is 0 Å². The molecular formula is C26H41N3O5. The second kappa shape index (κ2) is 15.1. The van der Waals surface area contributed by atoms with Gasteiger partial charge in [0.05, 0.1) is 12.6 Å². The van der Waals surface area contributed by atoms with Crippen LogP contribution in [0.3, 0.4) is 0 Å². The lowest BCUT2D eigenvalue weighted by molar-refractivity contribution is -0.131. The van der Waals surface area contributed by atoms with Gasteiger partial charge in [-0.05, 0) is 43.6 Å². The number of benzene rings is 1. The Morgan fingerprint density at radius 2 is 1.44 bits per heavy atom. The molecule has 0 saturated carbocycles. The number of amides is 3. The highest BCUT2D eigenvalue weighted by atomic mass is 16.5. The molecule has 0 aliphatic carbocycles. The van der Waals surface area contributed by atoms with E-state index in [9.17, 15) is 19.5 Å². The van der Waals surface area contributed by atoms with E-state index >= 15 is 0 Å². The standard InChI is InChI=1S/C26H41N3O5/c1-17(2)12-21(15-30)27-24(31)22(13-18(3)4)28-25(32)23(14-19(5)6)29-26(33)34-16-20-10-8-7-9-11-20/h7-11,18-19,21-23,30H,1,12-16H2,2-6H3,(H,27,31)(H,28,32)(H,29,33)/t21?,22-,23-/m0/s1. The van der Waals surface area contributed by atoms with E-state index in [0.717, 1.165) is 11.1 Å². The molecule has 0 bridgehead atoms. The molecular weight excluding hydrogens is 434 g/mol. The molecule has 0 heterocycles. The van der Waals surface area contributed by atoms with Crippen LogP contribution in [0.2, 0.25) is 0 Å². The number of nitrogens with one attached hydrogen (secondary N) is 3. The predicted octanol–water partition coefficient (Wildman–Crippen LogP) is 3.30. The maximum Gasteiger partial charge on any atom is 0.408 e. The molecule has 1 rings (SSSR count). The molecule has 0 saturated heterocycles. The van der Waals surface area contributed by atoms with E-state index in [4.69, 9.17) is 4.74 Å². The summed E-state index contributed by atoms with van der Waals surface area (Å²) in [7, 11) is 0. The molecule has 190 valence electrons. The van der Waals surface area contributed by atoms with Gasteiger partial charge in [0.2, 0.25) is 11.8 Å². The molecule has 0 aromatic heterocycles. The van der Waals surface area contributed by atoms with Gasteiger partial charge in [-0.15, -0.1) is 6.58 Å². The minimum Gasteiger partial charge on any atom is -0.445 e. The Hall–Kier alpha value is -2.87. The van der Waals surface area contributed by atoms with Crippen LogP contribution in [0.5, 0.6) is 0 Å². The molecule has 8 nitrogen and oxygen atoms in total. The van der Waals surface area contributed by atoms with E-state index in [1.807, 2.05) is 65.0 Å². The highest BCUT2D eigenvalue weighted by molar-refractivity contribution is 5.91. The summed E-state index contributed by atoms with van der Waals surface area (Å²) in [5.41, 5.74) is 1.67. The maximum absolute atomic E-state index is 13.1. The van der Waals surface area contributed by atoms with Gasteiger partial charge in [-0.25, -0.2) is 4.79 Å². The number of aliphatic hydroxyl groups excluding tert-OH is 1. The average molecular weight is 476 g/mol. The fourth-order valence-corrected chi connectivity index (χ4v) is 3.47. The molecule has 0 aliphatic heterocycles. The summed E-state index contributed by atoms with van der Waals surface area (Å²) >= 11 is 0. The first-order chi connectivity index (χ1) is 16.0. The summed E-state index contributed by atoms with van der Waals surface area (Å²) in [6, 6.07) is 7.12. The fourth-order valence-electron chi connectivity index (χ4n) is 3.47. The zero-order valence-electron chi connectivity index (χ0n) is 21.1. The normalized spacial score (nSPS) is 13.6. The summed E-state index contributed by atoms with van der Waals surface area (Å²) in [6.07, 6.45) is 0.540. The first-order valence-corrected chi connectivity index (χ1v) is 11.8. The highest BCUT2D eigenvalue weighted by Gasteiger charge is 2.29. The number of carbonyl (C=O) groups excluding carboxylic acids is 3. The molecule has 0 aliphatic rings. The SMILES string of the molecule is C=C(C)CC(CO)NC(=O)[C@H](CC(C)C)NC(=O)[C@H](CC(C)C)NC(=O)OCc1ccccc1. The third-order valence-corrected chi connectivity index (χ3v) is 5.03. The molecule has 34 heavy (non-hydrogen) atoms. The number of rotatable bonds is 14. The monoisotopic (exact) mass is 475 g/mol. The quantitative estimate of drug-likeness (QED) is 0.308. The Labute approximate surface area is 203 Å². The summed E-state index contributed by atoms with van der Waals surface area (Å²) in [5, 5.41) is 17.8. The van der Waals surface area contributed by atoms with Gasteiger partial charge < -0.3 is 25.8 Å². The molecule has 3 atom stereocenters. The van der Waals surface area contributed by atoms with Crippen molar-refractivity contribution in [3.05, 3.63) is 48.0 Å². The first-order valence-electron chi connectivity index (χ1n) is 11.8. The average Bonchev–Trinajstić information content (AvgIpc) is 2.76.